The molecule has 0 saturated carbocycles. The van der Waals surface area contributed by atoms with Crippen LogP contribution in [0.1, 0.15) is 6.92 Å². The summed E-state index contributed by atoms with van der Waals surface area (Å²) >= 11 is 12.2. The fourth-order valence-corrected chi connectivity index (χ4v) is 5.62. The van der Waals surface area contributed by atoms with Gasteiger partial charge in [-0.3, -0.25) is 9.69 Å². The summed E-state index contributed by atoms with van der Waals surface area (Å²) in [5, 5.41) is 5.34. The van der Waals surface area contributed by atoms with Crippen molar-refractivity contribution in [3.63, 3.8) is 0 Å². The van der Waals surface area contributed by atoms with Crippen LogP contribution in [0.15, 0.2) is 65.6 Å². The molecule has 168 valence electrons. The van der Waals surface area contributed by atoms with Crippen LogP contribution in [0, 0.1) is 0 Å². The highest BCUT2D eigenvalue weighted by Gasteiger charge is 2.32. The minimum absolute atomic E-state index is 0.222. The van der Waals surface area contributed by atoms with E-state index in [9.17, 15) is 13.2 Å². The fraction of sp³-hybridized carbons (Fsp3) is 0.261. The van der Waals surface area contributed by atoms with E-state index in [1.807, 2.05) is 35.2 Å². The van der Waals surface area contributed by atoms with Gasteiger partial charge in [0, 0.05) is 26.2 Å². The summed E-state index contributed by atoms with van der Waals surface area (Å²) in [4.78, 5) is 15.0. The Morgan fingerprint density at radius 3 is 2.34 bits per heavy atom. The minimum atomic E-state index is -3.61. The molecule has 0 bridgehead atoms. The highest BCUT2D eigenvalue weighted by atomic mass is 35.5. The Kier molecular flexibility index (Phi) is 6.74. The van der Waals surface area contributed by atoms with Gasteiger partial charge in [-0.25, -0.2) is 8.42 Å². The summed E-state index contributed by atoms with van der Waals surface area (Å²) in [5.74, 6) is -0.222. The first-order valence-corrected chi connectivity index (χ1v) is 12.4. The Balaban J connectivity index is 1.41. The average molecular weight is 492 g/mol. The SMILES string of the molecule is C[C@@H](C(=O)Nc1cccc(Cl)c1Cl)N1CCN(S(=O)(=O)c2ccc3ccccc3c2)CC1. The van der Waals surface area contributed by atoms with Crippen LogP contribution in [-0.2, 0) is 14.8 Å². The number of nitrogens with one attached hydrogen (secondary N) is 1. The van der Waals surface area contributed by atoms with E-state index in [-0.39, 0.29) is 10.8 Å². The molecule has 1 fully saturated rings. The van der Waals surface area contributed by atoms with Gasteiger partial charge >= 0.3 is 0 Å². The van der Waals surface area contributed by atoms with Crippen molar-refractivity contribution in [1.29, 1.82) is 0 Å². The van der Waals surface area contributed by atoms with E-state index >= 15 is 0 Å². The Hall–Kier alpha value is -2.16. The van der Waals surface area contributed by atoms with Crippen LogP contribution in [0.3, 0.4) is 0 Å². The predicted molar refractivity (Wildman–Crippen MR) is 129 cm³/mol. The number of carbonyl (C=O) groups excluding carboxylic acids is 1. The quantitative estimate of drug-likeness (QED) is 0.571. The second-order valence-electron chi connectivity index (χ2n) is 7.72. The maximum absolute atomic E-state index is 13.2. The normalized spacial score (nSPS) is 16.7. The standard InChI is InChI=1S/C23H23Cl2N3O3S/c1-16(23(29)26-21-8-4-7-20(24)22(21)25)27-11-13-28(14-12-27)32(30,31)19-10-9-17-5-2-3-6-18(17)15-19/h2-10,15-16H,11-14H2,1H3,(H,26,29)/t16-/m0/s1. The van der Waals surface area contributed by atoms with E-state index in [1.54, 1.807) is 37.3 Å². The maximum atomic E-state index is 13.2. The molecule has 0 radical (unpaired) electrons. The molecule has 1 heterocycles. The third-order valence-corrected chi connectivity index (χ3v) is 8.48. The number of amides is 1. The molecule has 4 rings (SSSR count). The zero-order chi connectivity index (χ0) is 22.9. The summed E-state index contributed by atoms with van der Waals surface area (Å²) in [6.07, 6.45) is 0. The molecule has 1 atom stereocenters. The summed E-state index contributed by atoms with van der Waals surface area (Å²) < 4.78 is 27.8. The van der Waals surface area contributed by atoms with Crippen LogP contribution in [0.25, 0.3) is 10.8 Å². The van der Waals surface area contributed by atoms with Crippen molar-refractivity contribution in [2.45, 2.75) is 17.9 Å². The molecular weight excluding hydrogens is 469 g/mol. The number of fused-ring (bicyclic) bond motifs is 1. The Labute approximate surface area is 197 Å². The van der Waals surface area contributed by atoms with Gasteiger partial charge in [0.05, 0.1) is 26.7 Å². The average Bonchev–Trinajstić information content (AvgIpc) is 2.81. The van der Waals surface area contributed by atoms with Crippen molar-refractivity contribution >= 4 is 55.6 Å². The predicted octanol–water partition coefficient (Wildman–Crippen LogP) is 4.48. The number of hydrogen-bond acceptors (Lipinski definition) is 4. The molecule has 0 aliphatic carbocycles. The maximum Gasteiger partial charge on any atom is 0.243 e. The van der Waals surface area contributed by atoms with Crippen molar-refractivity contribution in [3.05, 3.63) is 70.7 Å². The molecule has 0 aromatic heterocycles. The van der Waals surface area contributed by atoms with Crippen LogP contribution in [0.5, 0.6) is 0 Å². The second kappa shape index (κ2) is 9.37. The lowest BCUT2D eigenvalue weighted by Crippen LogP contribution is -2.53. The largest absolute Gasteiger partial charge is 0.323 e. The van der Waals surface area contributed by atoms with Gasteiger partial charge in [0.15, 0.2) is 0 Å². The third-order valence-electron chi connectivity index (χ3n) is 5.77. The molecule has 3 aromatic rings. The van der Waals surface area contributed by atoms with Crippen molar-refractivity contribution in [2.75, 3.05) is 31.5 Å². The van der Waals surface area contributed by atoms with Gasteiger partial charge in [0.1, 0.15) is 0 Å². The lowest BCUT2D eigenvalue weighted by Gasteiger charge is -2.36. The van der Waals surface area contributed by atoms with E-state index in [0.717, 1.165) is 10.8 Å². The molecule has 1 amide bonds. The smallest absolute Gasteiger partial charge is 0.243 e. The number of benzene rings is 3. The molecule has 3 aromatic carbocycles. The van der Waals surface area contributed by atoms with Crippen LogP contribution in [0.2, 0.25) is 10.0 Å². The summed E-state index contributed by atoms with van der Waals surface area (Å²) in [6, 6.07) is 17.5. The van der Waals surface area contributed by atoms with Gasteiger partial charge in [-0.05, 0) is 42.0 Å². The van der Waals surface area contributed by atoms with Gasteiger partial charge in [0.25, 0.3) is 0 Å². The molecule has 1 N–H and O–H groups in total. The van der Waals surface area contributed by atoms with Crippen LogP contribution in [0.4, 0.5) is 5.69 Å². The third kappa shape index (κ3) is 4.63. The molecular formula is C23H23Cl2N3O3S. The topological polar surface area (TPSA) is 69.7 Å². The van der Waals surface area contributed by atoms with E-state index in [0.29, 0.717) is 41.9 Å². The number of nitrogens with zero attached hydrogens (tertiary/aromatic N) is 2. The number of carbonyl (C=O) groups is 1. The van der Waals surface area contributed by atoms with E-state index in [2.05, 4.69) is 5.32 Å². The van der Waals surface area contributed by atoms with Crippen molar-refractivity contribution < 1.29 is 13.2 Å². The van der Waals surface area contributed by atoms with Crippen LogP contribution < -0.4 is 5.32 Å². The molecule has 1 saturated heterocycles. The lowest BCUT2D eigenvalue weighted by molar-refractivity contribution is -0.121. The highest BCUT2D eigenvalue weighted by Crippen LogP contribution is 2.30. The van der Waals surface area contributed by atoms with E-state index in [4.69, 9.17) is 23.2 Å². The first-order chi connectivity index (χ1) is 15.3. The molecule has 1 aliphatic heterocycles. The number of hydrogen-bond donors (Lipinski definition) is 1. The zero-order valence-corrected chi connectivity index (χ0v) is 19.8. The van der Waals surface area contributed by atoms with Gasteiger partial charge in [-0.15, -0.1) is 0 Å². The molecule has 9 heteroatoms. The summed E-state index contributed by atoms with van der Waals surface area (Å²) in [6.45, 7) is 3.31. The zero-order valence-electron chi connectivity index (χ0n) is 17.5. The van der Waals surface area contributed by atoms with E-state index in [1.165, 1.54) is 4.31 Å². The van der Waals surface area contributed by atoms with Crippen LogP contribution >= 0.6 is 23.2 Å². The van der Waals surface area contributed by atoms with Gasteiger partial charge in [-0.1, -0.05) is 59.6 Å². The number of piperazine rings is 1. The minimum Gasteiger partial charge on any atom is -0.323 e. The fourth-order valence-electron chi connectivity index (χ4n) is 3.81. The van der Waals surface area contributed by atoms with Gasteiger partial charge in [0.2, 0.25) is 15.9 Å². The number of sulfonamides is 1. The first-order valence-electron chi connectivity index (χ1n) is 10.3. The number of halogens is 2. The molecule has 0 unspecified atom stereocenters. The number of anilines is 1. The van der Waals surface area contributed by atoms with Crippen molar-refractivity contribution in [1.82, 2.24) is 9.21 Å². The first kappa shape index (κ1) is 23.0. The molecule has 32 heavy (non-hydrogen) atoms. The second-order valence-corrected chi connectivity index (χ2v) is 10.4. The number of rotatable bonds is 5. The molecule has 0 spiro atoms. The van der Waals surface area contributed by atoms with Crippen LogP contribution in [-0.4, -0.2) is 55.8 Å². The van der Waals surface area contributed by atoms with E-state index < -0.39 is 16.1 Å². The van der Waals surface area contributed by atoms with Gasteiger partial charge in [-0.2, -0.15) is 4.31 Å². The summed E-state index contributed by atoms with van der Waals surface area (Å²) in [7, 11) is -3.61. The Morgan fingerprint density at radius 1 is 0.938 bits per heavy atom. The molecule has 1 aliphatic rings. The van der Waals surface area contributed by atoms with Gasteiger partial charge < -0.3 is 5.32 Å². The lowest BCUT2D eigenvalue weighted by atomic mass is 10.1. The Bertz CT molecular complexity index is 1260. The Morgan fingerprint density at radius 2 is 1.62 bits per heavy atom. The van der Waals surface area contributed by atoms with Crippen molar-refractivity contribution in [2.24, 2.45) is 0 Å². The summed E-state index contributed by atoms with van der Waals surface area (Å²) in [5.41, 5.74) is 0.452. The monoisotopic (exact) mass is 491 g/mol. The molecule has 6 nitrogen and oxygen atoms in total. The highest BCUT2D eigenvalue weighted by molar-refractivity contribution is 7.89. The van der Waals surface area contributed by atoms with Crippen molar-refractivity contribution in [3.8, 4) is 0 Å².